The molecule has 0 aliphatic carbocycles. The van der Waals surface area contributed by atoms with Crippen LogP contribution in [0.15, 0.2) is 40.9 Å². The van der Waals surface area contributed by atoms with E-state index in [1.165, 1.54) is 0 Å². The molecular weight excluding hydrogens is 488 g/mol. The highest BCUT2D eigenvalue weighted by Crippen LogP contribution is 2.41. The number of aromatic nitrogens is 1. The van der Waals surface area contributed by atoms with Crippen molar-refractivity contribution >= 4 is 32.8 Å². The predicted octanol–water partition coefficient (Wildman–Crippen LogP) is 4.36. The molecule has 2 heterocycles. The van der Waals surface area contributed by atoms with Gasteiger partial charge >= 0.3 is 5.97 Å². The number of rotatable bonds is 8. The number of halogens is 1. The number of aliphatic hydroxyl groups is 1. The van der Waals surface area contributed by atoms with E-state index in [-0.39, 0.29) is 31.6 Å². The second kappa shape index (κ2) is 10.2. The molecule has 1 fully saturated rings. The highest BCUT2D eigenvalue weighted by molar-refractivity contribution is 9.10. The maximum Gasteiger partial charge on any atom is 0.340 e. The standard InChI is InChI=1S/C25H29BrN2O5/c1-3-32-25(31)23-21(15-33-17-9-5-4-6-10-17)27(2)20-12-19(26)24(30)18(22(20)23)13-28-11-7-8-16(28)14-29/h4-6,9-10,12,16,29-30H,3,7-8,11,13-15H2,1-2H3. The van der Waals surface area contributed by atoms with Crippen LogP contribution in [0.5, 0.6) is 11.5 Å². The molecule has 176 valence electrons. The Bertz CT molecular complexity index is 1150. The number of hydrogen-bond donors (Lipinski definition) is 2. The minimum atomic E-state index is -0.446. The van der Waals surface area contributed by atoms with E-state index in [4.69, 9.17) is 9.47 Å². The van der Waals surface area contributed by atoms with Crippen molar-refractivity contribution in [1.82, 2.24) is 9.47 Å². The first-order valence-corrected chi connectivity index (χ1v) is 12.0. The topological polar surface area (TPSA) is 84.2 Å². The molecule has 4 rings (SSSR count). The third kappa shape index (κ3) is 4.60. The molecular formula is C25H29BrN2O5. The summed E-state index contributed by atoms with van der Waals surface area (Å²) in [7, 11) is 1.88. The Hall–Kier alpha value is -2.55. The minimum absolute atomic E-state index is 0.0362. The van der Waals surface area contributed by atoms with Crippen molar-refractivity contribution in [2.75, 3.05) is 19.8 Å². The number of nitrogens with zero attached hydrogens (tertiary/aromatic N) is 2. The second-order valence-electron chi connectivity index (χ2n) is 8.23. The number of carbonyl (C=O) groups excluding carboxylic acids is 1. The Kier molecular flexibility index (Phi) is 7.26. The maximum atomic E-state index is 13.2. The van der Waals surface area contributed by atoms with Crippen molar-refractivity contribution in [1.29, 1.82) is 0 Å². The average molecular weight is 517 g/mol. The molecule has 0 radical (unpaired) electrons. The Morgan fingerprint density at radius 1 is 1.27 bits per heavy atom. The molecule has 1 aliphatic rings. The zero-order chi connectivity index (χ0) is 23.5. The number of ether oxygens (including phenoxy) is 2. The number of phenols is 1. The van der Waals surface area contributed by atoms with Gasteiger partial charge in [0.2, 0.25) is 0 Å². The molecule has 1 unspecified atom stereocenters. The van der Waals surface area contributed by atoms with Crippen LogP contribution in [0.4, 0.5) is 0 Å². The van der Waals surface area contributed by atoms with Gasteiger partial charge in [0.05, 0.1) is 34.5 Å². The Morgan fingerprint density at radius 3 is 2.73 bits per heavy atom. The van der Waals surface area contributed by atoms with Crippen LogP contribution >= 0.6 is 15.9 Å². The minimum Gasteiger partial charge on any atom is -0.506 e. The molecule has 0 bridgehead atoms. The Balaban J connectivity index is 1.86. The fraction of sp³-hybridized carbons (Fsp3) is 0.400. The number of aromatic hydroxyl groups is 1. The number of fused-ring (bicyclic) bond motifs is 1. The molecule has 1 aromatic heterocycles. The number of aliphatic hydroxyl groups excluding tert-OH is 1. The van der Waals surface area contributed by atoms with Crippen LogP contribution in [0.25, 0.3) is 10.9 Å². The number of likely N-dealkylation sites (tertiary alicyclic amines) is 1. The number of esters is 1. The number of hydrogen-bond acceptors (Lipinski definition) is 6. The van der Waals surface area contributed by atoms with E-state index >= 15 is 0 Å². The van der Waals surface area contributed by atoms with E-state index in [0.29, 0.717) is 39.0 Å². The smallest absolute Gasteiger partial charge is 0.340 e. The van der Waals surface area contributed by atoms with E-state index in [1.807, 2.05) is 48.0 Å². The molecule has 0 amide bonds. The Labute approximate surface area is 201 Å². The molecule has 1 atom stereocenters. The molecule has 1 aliphatic heterocycles. The summed E-state index contributed by atoms with van der Waals surface area (Å²) in [5.74, 6) is 0.348. The Morgan fingerprint density at radius 2 is 2.03 bits per heavy atom. The van der Waals surface area contributed by atoms with Crippen molar-refractivity contribution in [3.63, 3.8) is 0 Å². The van der Waals surface area contributed by atoms with Crippen molar-refractivity contribution < 1.29 is 24.5 Å². The average Bonchev–Trinajstić information content (AvgIpc) is 3.38. The summed E-state index contributed by atoms with van der Waals surface area (Å²) < 4.78 is 13.9. The maximum absolute atomic E-state index is 13.2. The summed E-state index contributed by atoms with van der Waals surface area (Å²) in [5.41, 5.74) is 2.52. The number of carbonyl (C=O) groups is 1. The first kappa shape index (κ1) is 23.6. The zero-order valence-electron chi connectivity index (χ0n) is 18.9. The van der Waals surface area contributed by atoms with Gasteiger partial charge in [0.25, 0.3) is 0 Å². The number of phenolic OH excluding ortho intramolecular Hbond substituents is 1. The van der Waals surface area contributed by atoms with Gasteiger partial charge in [-0.05, 0) is 60.4 Å². The van der Waals surface area contributed by atoms with Crippen LogP contribution in [0, 0.1) is 0 Å². The van der Waals surface area contributed by atoms with Gasteiger partial charge in [-0.15, -0.1) is 0 Å². The van der Waals surface area contributed by atoms with Crippen LogP contribution < -0.4 is 4.74 Å². The van der Waals surface area contributed by atoms with Crippen molar-refractivity contribution in [2.45, 2.75) is 39.0 Å². The van der Waals surface area contributed by atoms with E-state index in [9.17, 15) is 15.0 Å². The molecule has 2 aromatic carbocycles. The molecule has 7 nitrogen and oxygen atoms in total. The van der Waals surface area contributed by atoms with E-state index < -0.39 is 5.97 Å². The summed E-state index contributed by atoms with van der Waals surface area (Å²) in [6.07, 6.45) is 1.89. The quantitative estimate of drug-likeness (QED) is 0.432. The number of aryl methyl sites for hydroxylation is 1. The van der Waals surface area contributed by atoms with Crippen LogP contribution in [0.2, 0.25) is 0 Å². The highest BCUT2D eigenvalue weighted by atomic mass is 79.9. The summed E-state index contributed by atoms with van der Waals surface area (Å²) in [4.78, 5) is 15.3. The molecule has 0 spiro atoms. The fourth-order valence-electron chi connectivity index (χ4n) is 4.61. The molecule has 33 heavy (non-hydrogen) atoms. The lowest BCUT2D eigenvalue weighted by atomic mass is 10.0. The molecule has 1 saturated heterocycles. The van der Waals surface area contributed by atoms with Crippen molar-refractivity contribution in [2.24, 2.45) is 7.05 Å². The highest BCUT2D eigenvalue weighted by Gasteiger charge is 2.30. The number of para-hydroxylation sites is 1. The van der Waals surface area contributed by atoms with E-state index in [2.05, 4.69) is 20.8 Å². The van der Waals surface area contributed by atoms with Crippen LogP contribution in [0.1, 0.15) is 41.4 Å². The van der Waals surface area contributed by atoms with Crippen LogP contribution in [0.3, 0.4) is 0 Å². The molecule has 3 aromatic rings. The lowest BCUT2D eigenvalue weighted by Gasteiger charge is -2.24. The van der Waals surface area contributed by atoms with Gasteiger partial charge < -0.3 is 24.3 Å². The van der Waals surface area contributed by atoms with Gasteiger partial charge in [0.1, 0.15) is 18.1 Å². The summed E-state index contributed by atoms with van der Waals surface area (Å²) >= 11 is 3.48. The summed E-state index contributed by atoms with van der Waals surface area (Å²) in [6, 6.07) is 11.3. The van der Waals surface area contributed by atoms with Gasteiger partial charge in [-0.3, -0.25) is 4.90 Å². The fourth-order valence-corrected chi connectivity index (χ4v) is 5.06. The summed E-state index contributed by atoms with van der Waals surface area (Å²) in [5, 5.41) is 21.5. The van der Waals surface area contributed by atoms with Gasteiger partial charge in [0, 0.05) is 30.6 Å². The lowest BCUT2D eigenvalue weighted by Crippen LogP contribution is -2.31. The summed E-state index contributed by atoms with van der Waals surface area (Å²) in [6.45, 7) is 3.49. The van der Waals surface area contributed by atoms with Gasteiger partial charge in [0.15, 0.2) is 0 Å². The zero-order valence-corrected chi connectivity index (χ0v) is 20.5. The third-order valence-corrected chi connectivity index (χ3v) is 6.91. The first-order valence-electron chi connectivity index (χ1n) is 11.2. The lowest BCUT2D eigenvalue weighted by molar-refractivity contribution is 0.0525. The van der Waals surface area contributed by atoms with Crippen LogP contribution in [-0.4, -0.2) is 51.4 Å². The van der Waals surface area contributed by atoms with Gasteiger partial charge in [-0.2, -0.15) is 0 Å². The molecule has 2 N–H and O–H groups in total. The van der Waals surface area contributed by atoms with Gasteiger partial charge in [-0.25, -0.2) is 4.79 Å². The number of benzene rings is 2. The van der Waals surface area contributed by atoms with Gasteiger partial charge in [-0.1, -0.05) is 18.2 Å². The normalized spacial score (nSPS) is 16.4. The second-order valence-corrected chi connectivity index (χ2v) is 9.09. The molecule has 0 saturated carbocycles. The van der Waals surface area contributed by atoms with E-state index in [1.54, 1.807) is 6.92 Å². The van der Waals surface area contributed by atoms with E-state index in [0.717, 1.165) is 24.9 Å². The first-order chi connectivity index (χ1) is 16.0. The van der Waals surface area contributed by atoms with Crippen molar-refractivity contribution in [3.05, 3.63) is 57.7 Å². The SMILES string of the molecule is CCOC(=O)c1c(COc2ccccc2)n(C)c2cc(Br)c(O)c(CN3CCCC3CO)c12. The monoisotopic (exact) mass is 516 g/mol. The molecule has 8 heteroatoms. The predicted molar refractivity (Wildman–Crippen MR) is 130 cm³/mol. The third-order valence-electron chi connectivity index (χ3n) is 6.31. The van der Waals surface area contributed by atoms with Crippen LogP contribution in [-0.2, 0) is 24.9 Å². The largest absolute Gasteiger partial charge is 0.506 e. The van der Waals surface area contributed by atoms with Crippen molar-refractivity contribution in [3.8, 4) is 11.5 Å².